The molecule has 0 saturated carbocycles. The van der Waals surface area contributed by atoms with Crippen molar-refractivity contribution in [1.29, 1.82) is 0 Å². The van der Waals surface area contributed by atoms with Crippen LogP contribution >= 0.6 is 0 Å². The van der Waals surface area contributed by atoms with E-state index in [1.807, 2.05) is 0 Å². The number of hydrogen-bond acceptors (Lipinski definition) is 3. The first-order valence-corrected chi connectivity index (χ1v) is 8.85. The molecule has 1 aromatic rings. The van der Waals surface area contributed by atoms with Crippen molar-refractivity contribution < 1.29 is 58.5 Å². The summed E-state index contributed by atoms with van der Waals surface area (Å²) in [6.45, 7) is 2.15. The minimum atomic E-state index is -6.24. The van der Waals surface area contributed by atoms with Crippen LogP contribution in [0.15, 0.2) is 18.2 Å². The third-order valence-corrected chi connectivity index (χ3v) is 4.66. The molecule has 0 saturated heterocycles. The second-order valence-corrected chi connectivity index (χ2v) is 6.70. The molecule has 0 bridgehead atoms. The SMILES string of the molecule is CCOCOC(c1cc(C(C)CC)cc(C(O)(F)C(F)(F)F)c1)(C(F)(F)F)C(F)(F)F. The van der Waals surface area contributed by atoms with Crippen LogP contribution in [-0.4, -0.2) is 37.0 Å². The van der Waals surface area contributed by atoms with E-state index in [1.165, 1.54) is 20.8 Å². The fraction of sp³-hybridized carbons (Fsp3) is 0.667. The number of hydrogen-bond donors (Lipinski definition) is 1. The highest BCUT2D eigenvalue weighted by molar-refractivity contribution is 5.40. The zero-order valence-electron chi connectivity index (χ0n) is 16.5. The Hall–Kier alpha value is -1.60. The molecule has 31 heavy (non-hydrogen) atoms. The first kappa shape index (κ1) is 27.4. The topological polar surface area (TPSA) is 38.7 Å². The quantitative estimate of drug-likeness (QED) is 0.277. The largest absolute Gasteiger partial charge is 0.453 e. The average molecular weight is 474 g/mol. The summed E-state index contributed by atoms with van der Waals surface area (Å²) in [6, 6.07) is 0.342. The third kappa shape index (κ3) is 5.25. The molecule has 0 fully saturated rings. The van der Waals surface area contributed by atoms with Gasteiger partial charge in [-0.05, 0) is 37.0 Å². The summed E-state index contributed by atoms with van der Waals surface area (Å²) in [4.78, 5) is 0. The third-order valence-electron chi connectivity index (χ3n) is 4.66. The highest BCUT2D eigenvalue weighted by Gasteiger charge is 2.74. The molecule has 3 nitrogen and oxygen atoms in total. The van der Waals surface area contributed by atoms with Crippen molar-refractivity contribution in [2.24, 2.45) is 0 Å². The highest BCUT2D eigenvalue weighted by atomic mass is 19.4. The first-order valence-electron chi connectivity index (χ1n) is 8.85. The zero-order valence-corrected chi connectivity index (χ0v) is 16.5. The second-order valence-electron chi connectivity index (χ2n) is 6.70. The van der Waals surface area contributed by atoms with Crippen molar-refractivity contribution in [2.45, 2.75) is 63.1 Å². The number of alkyl halides is 10. The van der Waals surface area contributed by atoms with E-state index in [1.54, 1.807) is 0 Å². The maximum Gasteiger partial charge on any atom is 0.453 e. The van der Waals surface area contributed by atoms with Gasteiger partial charge in [0.15, 0.2) is 0 Å². The Morgan fingerprint density at radius 1 is 0.806 bits per heavy atom. The van der Waals surface area contributed by atoms with E-state index in [0.29, 0.717) is 12.1 Å². The van der Waals surface area contributed by atoms with E-state index in [-0.39, 0.29) is 19.1 Å². The van der Waals surface area contributed by atoms with E-state index in [0.717, 1.165) is 0 Å². The molecule has 180 valence electrons. The summed E-state index contributed by atoms with van der Waals surface area (Å²) in [5.74, 6) is -6.09. The fourth-order valence-corrected chi connectivity index (χ4v) is 2.68. The lowest BCUT2D eigenvalue weighted by atomic mass is 9.84. The number of ether oxygens (including phenoxy) is 2. The molecule has 2 unspecified atom stereocenters. The van der Waals surface area contributed by atoms with Crippen LogP contribution in [0.5, 0.6) is 0 Å². The van der Waals surface area contributed by atoms with Gasteiger partial charge in [0.25, 0.3) is 5.60 Å². The molecule has 0 amide bonds. The Bertz CT molecular complexity index is 724. The summed E-state index contributed by atoms with van der Waals surface area (Å²) in [5.41, 5.74) is -9.35. The number of rotatable bonds is 8. The van der Waals surface area contributed by atoms with Gasteiger partial charge in [-0.1, -0.05) is 19.9 Å². The maximum absolute atomic E-state index is 14.1. The lowest BCUT2D eigenvalue weighted by Gasteiger charge is -2.38. The van der Waals surface area contributed by atoms with Gasteiger partial charge in [-0.2, -0.15) is 43.9 Å². The van der Waals surface area contributed by atoms with E-state index in [2.05, 4.69) is 9.47 Å². The monoisotopic (exact) mass is 474 g/mol. The van der Waals surface area contributed by atoms with E-state index in [9.17, 15) is 49.0 Å². The molecule has 0 aliphatic heterocycles. The number of benzene rings is 1. The Morgan fingerprint density at radius 3 is 1.68 bits per heavy atom. The summed E-state index contributed by atoms with van der Waals surface area (Å²) in [5, 5.41) is 9.29. The van der Waals surface area contributed by atoms with Gasteiger partial charge in [0, 0.05) is 17.7 Å². The lowest BCUT2D eigenvalue weighted by molar-refractivity contribution is -0.401. The molecule has 1 rings (SSSR count). The van der Waals surface area contributed by atoms with Crippen LogP contribution in [-0.2, 0) is 20.9 Å². The van der Waals surface area contributed by atoms with Crippen LogP contribution < -0.4 is 0 Å². The molecule has 1 aromatic carbocycles. The Morgan fingerprint density at radius 2 is 1.29 bits per heavy atom. The molecule has 0 aliphatic carbocycles. The van der Waals surface area contributed by atoms with Gasteiger partial charge in [-0.25, -0.2) is 0 Å². The van der Waals surface area contributed by atoms with Gasteiger partial charge >= 0.3 is 24.4 Å². The molecular weight excluding hydrogens is 454 g/mol. The zero-order chi connectivity index (χ0) is 24.5. The van der Waals surface area contributed by atoms with Crippen LogP contribution in [0, 0.1) is 0 Å². The van der Waals surface area contributed by atoms with Crippen LogP contribution in [0.25, 0.3) is 0 Å². The standard InChI is InChI=1S/C18H20F10O3/c1-4-10(3)11-6-12(8-13(7-11)15(19,29)18(26,27)28)14(16(20,21)22,17(23,24)25)31-9-30-5-2/h6-8,10,29H,4-5,9H2,1-3H3. The summed E-state index contributed by atoms with van der Waals surface area (Å²) >= 11 is 0. The van der Waals surface area contributed by atoms with Crippen LogP contribution in [0.4, 0.5) is 43.9 Å². The minimum absolute atomic E-state index is 0.0739. The molecule has 0 radical (unpaired) electrons. The Labute approximate surface area is 170 Å². The van der Waals surface area contributed by atoms with Crippen molar-refractivity contribution in [3.05, 3.63) is 34.9 Å². The van der Waals surface area contributed by atoms with E-state index in [4.69, 9.17) is 0 Å². The molecule has 0 aromatic heterocycles. The lowest BCUT2D eigenvalue weighted by Crippen LogP contribution is -2.56. The molecule has 2 atom stereocenters. The van der Waals surface area contributed by atoms with E-state index < -0.39 is 59.4 Å². The van der Waals surface area contributed by atoms with Gasteiger partial charge in [0.2, 0.25) is 0 Å². The molecule has 1 N–H and O–H groups in total. The number of aliphatic hydroxyl groups is 1. The van der Waals surface area contributed by atoms with Crippen molar-refractivity contribution in [1.82, 2.24) is 0 Å². The molecular formula is C18H20F10O3. The summed E-state index contributed by atoms with van der Waals surface area (Å²) in [6.07, 6.45) is -18.4. The summed E-state index contributed by atoms with van der Waals surface area (Å²) < 4.78 is 144. The summed E-state index contributed by atoms with van der Waals surface area (Å²) in [7, 11) is 0. The van der Waals surface area contributed by atoms with E-state index >= 15 is 0 Å². The average Bonchev–Trinajstić information content (AvgIpc) is 2.61. The number of halogens is 10. The van der Waals surface area contributed by atoms with Crippen molar-refractivity contribution in [3.8, 4) is 0 Å². The minimum Gasteiger partial charge on any atom is -0.356 e. The van der Waals surface area contributed by atoms with Crippen molar-refractivity contribution in [3.63, 3.8) is 0 Å². The predicted molar refractivity (Wildman–Crippen MR) is 87.6 cm³/mol. The van der Waals surface area contributed by atoms with Crippen molar-refractivity contribution in [2.75, 3.05) is 13.4 Å². The fourth-order valence-electron chi connectivity index (χ4n) is 2.68. The van der Waals surface area contributed by atoms with Crippen molar-refractivity contribution >= 4 is 0 Å². The molecule has 0 aliphatic rings. The van der Waals surface area contributed by atoms with Gasteiger partial charge in [-0.15, -0.1) is 0 Å². The van der Waals surface area contributed by atoms with Gasteiger partial charge in [0.05, 0.1) is 0 Å². The predicted octanol–water partition coefficient (Wildman–Crippen LogP) is 6.21. The Balaban J connectivity index is 4.00. The first-order chi connectivity index (χ1) is 13.9. The molecule has 0 heterocycles. The molecule has 0 spiro atoms. The second kappa shape index (κ2) is 9.10. The van der Waals surface area contributed by atoms with Crippen LogP contribution in [0.2, 0.25) is 0 Å². The maximum atomic E-state index is 14.1. The van der Waals surface area contributed by atoms with Crippen LogP contribution in [0.3, 0.4) is 0 Å². The smallest absolute Gasteiger partial charge is 0.356 e. The van der Waals surface area contributed by atoms with Gasteiger partial charge in [0.1, 0.15) is 6.79 Å². The van der Waals surface area contributed by atoms with Gasteiger partial charge in [-0.3, -0.25) is 0 Å². The van der Waals surface area contributed by atoms with Crippen LogP contribution in [0.1, 0.15) is 49.8 Å². The molecule has 13 heteroatoms. The highest BCUT2D eigenvalue weighted by Crippen LogP contribution is 2.54. The normalized spacial score (nSPS) is 16.8. The van der Waals surface area contributed by atoms with Gasteiger partial charge < -0.3 is 14.6 Å². The Kier molecular flexibility index (Phi) is 8.05.